The molecule has 1 aromatic heterocycles. The van der Waals surface area contributed by atoms with Crippen molar-refractivity contribution in [1.82, 2.24) is 5.32 Å². The maximum absolute atomic E-state index is 11.7. The number of fused-ring (bicyclic) bond motifs is 1. The molecule has 17 heavy (non-hydrogen) atoms. The van der Waals surface area contributed by atoms with Crippen LogP contribution in [0.3, 0.4) is 0 Å². The first-order valence-electron chi connectivity index (χ1n) is 6.20. The highest BCUT2D eigenvalue weighted by Gasteiger charge is 2.23. The average Bonchev–Trinajstić information content (AvgIpc) is 2.75. The van der Waals surface area contributed by atoms with Crippen LogP contribution in [0.5, 0.6) is 0 Å². The number of carbonyl (C=O) groups is 1. The van der Waals surface area contributed by atoms with Crippen molar-refractivity contribution in [2.75, 3.05) is 0 Å². The van der Waals surface area contributed by atoms with Crippen LogP contribution >= 0.6 is 0 Å². The summed E-state index contributed by atoms with van der Waals surface area (Å²) in [7, 11) is 0. The van der Waals surface area contributed by atoms with Crippen LogP contribution in [-0.2, 0) is 11.2 Å². The molecule has 1 aliphatic rings. The van der Waals surface area contributed by atoms with E-state index in [2.05, 4.69) is 5.32 Å². The number of amides is 1. The zero-order chi connectivity index (χ0) is 12.3. The van der Waals surface area contributed by atoms with Crippen molar-refractivity contribution in [2.45, 2.75) is 51.2 Å². The van der Waals surface area contributed by atoms with Gasteiger partial charge in [-0.15, -0.1) is 0 Å². The van der Waals surface area contributed by atoms with Crippen LogP contribution in [0.1, 0.15) is 50.0 Å². The number of hydrogen-bond acceptors (Lipinski definition) is 3. The molecule has 1 heterocycles. The maximum Gasteiger partial charge on any atom is 0.220 e. The van der Waals surface area contributed by atoms with Gasteiger partial charge in [0.05, 0.1) is 18.4 Å². The summed E-state index contributed by atoms with van der Waals surface area (Å²) < 4.78 is 5.37. The summed E-state index contributed by atoms with van der Waals surface area (Å²) in [6.07, 6.45) is 5.12. The fraction of sp³-hybridized carbons (Fsp3) is 0.615. The summed E-state index contributed by atoms with van der Waals surface area (Å²) >= 11 is 0. The molecule has 2 atom stereocenters. The van der Waals surface area contributed by atoms with Gasteiger partial charge in [0.2, 0.25) is 5.91 Å². The van der Waals surface area contributed by atoms with Crippen LogP contribution < -0.4 is 5.32 Å². The molecule has 1 amide bonds. The van der Waals surface area contributed by atoms with Crippen LogP contribution in [0, 0.1) is 0 Å². The van der Waals surface area contributed by atoms with Gasteiger partial charge in [0.1, 0.15) is 5.76 Å². The highest BCUT2D eigenvalue weighted by atomic mass is 16.3. The van der Waals surface area contributed by atoms with Gasteiger partial charge in [-0.05, 0) is 32.3 Å². The molecule has 2 unspecified atom stereocenters. The number of rotatable bonds is 4. The Kier molecular flexibility index (Phi) is 3.84. The van der Waals surface area contributed by atoms with Gasteiger partial charge in [-0.3, -0.25) is 4.79 Å². The van der Waals surface area contributed by atoms with Crippen molar-refractivity contribution in [3.05, 3.63) is 23.7 Å². The second-order valence-corrected chi connectivity index (χ2v) is 4.70. The molecule has 0 fully saturated rings. The van der Waals surface area contributed by atoms with E-state index in [1.165, 1.54) is 0 Å². The Labute approximate surface area is 101 Å². The van der Waals surface area contributed by atoms with Crippen molar-refractivity contribution in [3.63, 3.8) is 0 Å². The zero-order valence-corrected chi connectivity index (χ0v) is 10.1. The van der Waals surface area contributed by atoms with Crippen LogP contribution in [0.4, 0.5) is 0 Å². The fourth-order valence-electron chi connectivity index (χ4n) is 2.24. The second kappa shape index (κ2) is 5.36. The molecule has 2 N–H and O–H groups in total. The third kappa shape index (κ3) is 3.09. The van der Waals surface area contributed by atoms with Gasteiger partial charge in [0.25, 0.3) is 0 Å². The molecular weight excluding hydrogens is 218 g/mol. The van der Waals surface area contributed by atoms with Crippen LogP contribution in [0.25, 0.3) is 0 Å². The topological polar surface area (TPSA) is 62.5 Å². The first kappa shape index (κ1) is 12.2. The Morgan fingerprint density at radius 2 is 2.53 bits per heavy atom. The highest BCUT2D eigenvalue weighted by Crippen LogP contribution is 2.30. The lowest BCUT2D eigenvalue weighted by Crippen LogP contribution is -2.30. The number of furan rings is 1. The van der Waals surface area contributed by atoms with Gasteiger partial charge in [-0.25, -0.2) is 0 Å². The smallest absolute Gasteiger partial charge is 0.220 e. The van der Waals surface area contributed by atoms with Gasteiger partial charge in [-0.2, -0.15) is 0 Å². The predicted octanol–water partition coefficient (Wildman–Crippen LogP) is 1.93. The molecule has 0 radical (unpaired) electrons. The Hall–Kier alpha value is -1.29. The largest absolute Gasteiger partial charge is 0.469 e. The van der Waals surface area contributed by atoms with E-state index in [0.717, 1.165) is 30.6 Å². The number of carbonyl (C=O) groups excluding carboxylic acids is 1. The molecule has 0 saturated carbocycles. The number of nitrogens with one attached hydrogen (secondary N) is 1. The highest BCUT2D eigenvalue weighted by molar-refractivity contribution is 5.76. The van der Waals surface area contributed by atoms with Gasteiger partial charge < -0.3 is 14.8 Å². The average molecular weight is 237 g/mol. The molecule has 1 aliphatic carbocycles. The maximum atomic E-state index is 11.7. The standard InChI is InChI=1S/C13H19NO3/c1-9(15)5-6-13(16)14-11-3-2-4-12-10(11)7-8-17-12/h7-9,11,15H,2-6H2,1H3,(H,14,16). The van der Waals surface area contributed by atoms with E-state index in [9.17, 15) is 4.79 Å². The molecule has 0 aliphatic heterocycles. The van der Waals surface area contributed by atoms with E-state index < -0.39 is 6.10 Å². The first-order valence-corrected chi connectivity index (χ1v) is 6.20. The Morgan fingerprint density at radius 3 is 3.29 bits per heavy atom. The fourth-order valence-corrected chi connectivity index (χ4v) is 2.24. The lowest BCUT2D eigenvalue weighted by Gasteiger charge is -2.22. The second-order valence-electron chi connectivity index (χ2n) is 4.70. The van der Waals surface area contributed by atoms with Gasteiger partial charge >= 0.3 is 0 Å². The van der Waals surface area contributed by atoms with Crippen LogP contribution in [-0.4, -0.2) is 17.1 Å². The molecule has 94 valence electrons. The van der Waals surface area contributed by atoms with E-state index in [1.54, 1.807) is 13.2 Å². The summed E-state index contributed by atoms with van der Waals surface area (Å²) in [5.74, 6) is 1.00. The first-order chi connectivity index (χ1) is 8.16. The molecule has 1 aromatic rings. The Morgan fingerprint density at radius 1 is 1.71 bits per heavy atom. The SMILES string of the molecule is CC(O)CCC(=O)NC1CCCc2occc21. The Balaban J connectivity index is 1.90. The molecule has 0 aromatic carbocycles. The molecule has 0 saturated heterocycles. The molecule has 4 heteroatoms. The monoisotopic (exact) mass is 237 g/mol. The predicted molar refractivity (Wildman–Crippen MR) is 63.4 cm³/mol. The minimum Gasteiger partial charge on any atom is -0.469 e. The molecular formula is C13H19NO3. The van der Waals surface area contributed by atoms with E-state index in [4.69, 9.17) is 9.52 Å². The van der Waals surface area contributed by atoms with Crippen molar-refractivity contribution >= 4 is 5.91 Å². The third-order valence-electron chi connectivity index (χ3n) is 3.18. The normalized spacial score (nSPS) is 20.7. The van der Waals surface area contributed by atoms with E-state index in [-0.39, 0.29) is 11.9 Å². The summed E-state index contributed by atoms with van der Waals surface area (Å²) in [4.78, 5) is 11.7. The van der Waals surface area contributed by atoms with E-state index in [1.807, 2.05) is 6.07 Å². The third-order valence-corrected chi connectivity index (χ3v) is 3.18. The van der Waals surface area contributed by atoms with E-state index >= 15 is 0 Å². The molecule has 2 rings (SSSR count). The van der Waals surface area contributed by atoms with Crippen LogP contribution in [0.15, 0.2) is 16.7 Å². The van der Waals surface area contributed by atoms with Crippen molar-refractivity contribution in [3.8, 4) is 0 Å². The zero-order valence-electron chi connectivity index (χ0n) is 10.1. The summed E-state index contributed by atoms with van der Waals surface area (Å²) in [6.45, 7) is 1.70. The van der Waals surface area contributed by atoms with Crippen molar-refractivity contribution < 1.29 is 14.3 Å². The summed E-state index contributed by atoms with van der Waals surface area (Å²) in [5.41, 5.74) is 1.11. The minimum atomic E-state index is -0.420. The summed E-state index contributed by atoms with van der Waals surface area (Å²) in [6, 6.07) is 2.02. The van der Waals surface area contributed by atoms with Crippen molar-refractivity contribution in [2.24, 2.45) is 0 Å². The number of aryl methyl sites for hydroxylation is 1. The molecule has 0 bridgehead atoms. The number of aliphatic hydroxyl groups is 1. The van der Waals surface area contributed by atoms with Gasteiger partial charge in [0, 0.05) is 18.4 Å². The lowest BCUT2D eigenvalue weighted by molar-refractivity contribution is -0.122. The molecule has 4 nitrogen and oxygen atoms in total. The number of aliphatic hydroxyl groups excluding tert-OH is 1. The summed E-state index contributed by atoms with van der Waals surface area (Å²) in [5, 5.41) is 12.1. The van der Waals surface area contributed by atoms with Crippen molar-refractivity contribution in [1.29, 1.82) is 0 Å². The van der Waals surface area contributed by atoms with Gasteiger partial charge in [0.15, 0.2) is 0 Å². The van der Waals surface area contributed by atoms with Gasteiger partial charge in [-0.1, -0.05) is 0 Å². The molecule has 0 spiro atoms. The van der Waals surface area contributed by atoms with Crippen LogP contribution in [0.2, 0.25) is 0 Å². The number of hydrogen-bond donors (Lipinski definition) is 2. The quantitative estimate of drug-likeness (QED) is 0.841. The lowest BCUT2D eigenvalue weighted by atomic mass is 9.93. The minimum absolute atomic E-state index is 0.00458. The van der Waals surface area contributed by atoms with E-state index in [0.29, 0.717) is 12.8 Å². The Bertz CT molecular complexity index is 384.